The van der Waals surface area contributed by atoms with E-state index in [1.807, 2.05) is 54.6 Å². The van der Waals surface area contributed by atoms with Crippen molar-refractivity contribution in [1.29, 1.82) is 0 Å². The van der Waals surface area contributed by atoms with Crippen molar-refractivity contribution in [2.24, 2.45) is 0 Å². The number of carbonyl (C=O) groups excluding carboxylic acids is 2. The van der Waals surface area contributed by atoms with Crippen molar-refractivity contribution >= 4 is 11.9 Å². The molecule has 230 valence electrons. The zero-order valence-corrected chi connectivity index (χ0v) is 26.1. The highest BCUT2D eigenvalue weighted by Crippen LogP contribution is 2.11. The summed E-state index contributed by atoms with van der Waals surface area (Å²) in [6.45, 7) is 0. The Morgan fingerprint density at radius 1 is 0.545 bits per heavy atom. The number of benzene rings is 4. The van der Waals surface area contributed by atoms with Gasteiger partial charge in [0.15, 0.2) is 0 Å². The minimum absolute atomic E-state index is 0.189. The second-order valence-corrected chi connectivity index (χ2v) is 10.00. The molecule has 0 aliphatic heterocycles. The van der Waals surface area contributed by atoms with E-state index in [4.69, 9.17) is 5.11 Å². The largest absolute Gasteiger partial charge is 0.469 e. The predicted octanol–water partition coefficient (Wildman–Crippen LogP) is 6.96. The van der Waals surface area contributed by atoms with Crippen molar-refractivity contribution in [1.82, 2.24) is 0 Å². The molecule has 0 unspecified atom stereocenters. The van der Waals surface area contributed by atoms with Gasteiger partial charge in [-0.05, 0) is 72.1 Å². The molecule has 1 N–H and O–H groups in total. The fraction of sp³-hybridized carbons (Fsp3) is 0.282. The van der Waals surface area contributed by atoms with E-state index in [1.165, 1.54) is 43.8 Å². The van der Waals surface area contributed by atoms with Crippen LogP contribution in [0.5, 0.6) is 0 Å². The zero-order chi connectivity index (χ0) is 31.8. The number of methoxy groups -OCH3 is 2. The van der Waals surface area contributed by atoms with Crippen LogP contribution in [0, 0.1) is 11.8 Å². The van der Waals surface area contributed by atoms with E-state index < -0.39 is 0 Å². The van der Waals surface area contributed by atoms with Crippen LogP contribution in [0.4, 0.5) is 0 Å². The molecular formula is C39H44O5. The van der Waals surface area contributed by atoms with Crippen molar-refractivity contribution in [3.63, 3.8) is 0 Å². The number of unbranched alkanes of at least 4 members (excludes halogenated alkanes) is 1. The third-order valence-corrected chi connectivity index (χ3v) is 6.77. The lowest BCUT2D eigenvalue weighted by atomic mass is 10.0. The van der Waals surface area contributed by atoms with Gasteiger partial charge >= 0.3 is 11.9 Å². The third kappa shape index (κ3) is 15.0. The van der Waals surface area contributed by atoms with E-state index in [2.05, 4.69) is 75.9 Å². The molecular weight excluding hydrogens is 548 g/mol. The Labute approximate surface area is 262 Å². The summed E-state index contributed by atoms with van der Waals surface area (Å²) in [5.41, 5.74) is 6.96. The molecule has 44 heavy (non-hydrogen) atoms. The number of carbonyl (C=O) groups is 2. The molecule has 4 aromatic rings. The smallest absolute Gasteiger partial charge is 0.309 e. The van der Waals surface area contributed by atoms with Crippen LogP contribution < -0.4 is 0 Å². The number of aliphatic hydroxyl groups is 1. The first-order chi connectivity index (χ1) is 21.6. The lowest BCUT2D eigenvalue weighted by Crippen LogP contribution is -2.04. The quantitative estimate of drug-likeness (QED) is 0.116. The summed E-state index contributed by atoms with van der Waals surface area (Å²) < 4.78 is 9.31. The molecule has 0 heterocycles. The maximum absolute atomic E-state index is 11.2. The third-order valence-electron chi connectivity index (χ3n) is 6.77. The molecule has 0 fully saturated rings. The van der Waals surface area contributed by atoms with Gasteiger partial charge in [-0.2, -0.15) is 0 Å². The number of aryl methyl sites for hydroxylation is 3. The monoisotopic (exact) mass is 592 g/mol. The molecule has 0 spiro atoms. The molecule has 0 saturated heterocycles. The summed E-state index contributed by atoms with van der Waals surface area (Å²) in [5, 5.41) is 7.00. The van der Waals surface area contributed by atoms with E-state index >= 15 is 0 Å². The topological polar surface area (TPSA) is 72.8 Å². The lowest BCUT2D eigenvalue weighted by molar-refractivity contribution is -0.140. The van der Waals surface area contributed by atoms with E-state index in [1.54, 1.807) is 0 Å². The van der Waals surface area contributed by atoms with Gasteiger partial charge < -0.3 is 14.6 Å². The average Bonchev–Trinajstić information content (AvgIpc) is 3.08. The molecule has 0 radical (unpaired) electrons. The Hall–Kier alpha value is -4.66. The van der Waals surface area contributed by atoms with Crippen LogP contribution in [0.3, 0.4) is 0 Å². The summed E-state index contributed by atoms with van der Waals surface area (Å²) >= 11 is 0. The molecule has 0 aliphatic rings. The minimum atomic E-state index is -0.225. The second-order valence-electron chi connectivity index (χ2n) is 10.00. The lowest BCUT2D eigenvalue weighted by Gasteiger charge is -2.04. The van der Waals surface area contributed by atoms with Crippen molar-refractivity contribution in [2.45, 2.75) is 51.4 Å². The molecule has 0 amide bonds. The van der Waals surface area contributed by atoms with Gasteiger partial charge in [0.2, 0.25) is 0 Å². The van der Waals surface area contributed by atoms with Gasteiger partial charge in [0.05, 0.1) is 27.1 Å². The maximum Gasteiger partial charge on any atom is 0.309 e. The molecule has 0 atom stereocenters. The van der Waals surface area contributed by atoms with Crippen LogP contribution in [0.25, 0.3) is 0 Å². The zero-order valence-electron chi connectivity index (χ0n) is 26.1. The van der Waals surface area contributed by atoms with E-state index in [9.17, 15) is 9.59 Å². The number of hydrogen-bond acceptors (Lipinski definition) is 5. The second kappa shape index (κ2) is 22.0. The summed E-state index contributed by atoms with van der Waals surface area (Å²) in [4.78, 5) is 22.4. The Balaban J connectivity index is 0.000000291. The van der Waals surface area contributed by atoms with Gasteiger partial charge in [0.25, 0.3) is 0 Å². The number of aliphatic hydroxyl groups excluding tert-OH is 1. The number of ether oxygens (including phenoxy) is 2. The highest BCUT2D eigenvalue weighted by atomic mass is 16.5. The first-order valence-corrected chi connectivity index (χ1v) is 14.9. The Morgan fingerprint density at radius 2 is 0.932 bits per heavy atom. The molecule has 0 saturated carbocycles. The number of hydrogen-bond donors (Lipinski definition) is 1. The van der Waals surface area contributed by atoms with Crippen LogP contribution >= 0.6 is 0 Å². The molecule has 5 nitrogen and oxygen atoms in total. The van der Waals surface area contributed by atoms with Gasteiger partial charge in [-0.15, -0.1) is 0 Å². The molecule has 0 bridgehead atoms. The Morgan fingerprint density at radius 3 is 1.39 bits per heavy atom. The predicted molar refractivity (Wildman–Crippen MR) is 177 cm³/mol. The SMILES string of the molecule is CO.COC(=O)Cc1ccc(C#CCCc2ccccc2)cc1.COC(=O)Cc1ccc(CCCCc2ccccc2)cc1. The first kappa shape index (κ1) is 35.5. The molecule has 5 heteroatoms. The Bertz CT molecular complexity index is 1400. The van der Waals surface area contributed by atoms with Crippen molar-refractivity contribution in [2.75, 3.05) is 21.3 Å². The normalized spacial score (nSPS) is 9.64. The van der Waals surface area contributed by atoms with Crippen molar-refractivity contribution in [3.8, 4) is 11.8 Å². The average molecular weight is 593 g/mol. The van der Waals surface area contributed by atoms with E-state index in [0.717, 1.165) is 49.5 Å². The molecule has 0 aliphatic carbocycles. The van der Waals surface area contributed by atoms with Crippen molar-refractivity contribution in [3.05, 3.63) is 143 Å². The fourth-order valence-electron chi connectivity index (χ4n) is 4.33. The van der Waals surface area contributed by atoms with Crippen LogP contribution in [0.2, 0.25) is 0 Å². The van der Waals surface area contributed by atoms with Crippen LogP contribution in [0.1, 0.15) is 52.6 Å². The van der Waals surface area contributed by atoms with Gasteiger partial charge in [0, 0.05) is 19.1 Å². The fourth-order valence-corrected chi connectivity index (χ4v) is 4.33. The maximum atomic E-state index is 11.2. The summed E-state index contributed by atoms with van der Waals surface area (Å²) in [6.07, 6.45) is 7.08. The molecule has 0 aromatic heterocycles. The number of rotatable bonds is 11. The highest BCUT2D eigenvalue weighted by molar-refractivity contribution is 5.72. The van der Waals surface area contributed by atoms with Gasteiger partial charge in [-0.3, -0.25) is 9.59 Å². The van der Waals surface area contributed by atoms with Gasteiger partial charge in [0.1, 0.15) is 0 Å². The Kier molecular flexibility index (Phi) is 17.7. The highest BCUT2D eigenvalue weighted by Gasteiger charge is 2.03. The standard InChI is InChI=1S/C19H22O2.C19H18O2.CH4O/c2*1-21-19(20)15-18-13-11-17(12-14-18)10-6-5-9-16-7-3-2-4-8-16;1-2/h2-4,7-8,11-14H,5-6,9-10,15H2,1H3;2-4,7-8,11-14H,5,9,15H2,1H3;2H,1H3. The van der Waals surface area contributed by atoms with Crippen LogP contribution in [0.15, 0.2) is 109 Å². The van der Waals surface area contributed by atoms with Gasteiger partial charge in [-0.25, -0.2) is 0 Å². The first-order valence-electron chi connectivity index (χ1n) is 14.9. The summed E-state index contributed by atoms with van der Waals surface area (Å²) in [5.74, 6) is 5.91. The molecule has 4 rings (SSSR count). The van der Waals surface area contributed by atoms with E-state index in [0.29, 0.717) is 12.8 Å². The molecule has 4 aromatic carbocycles. The van der Waals surface area contributed by atoms with E-state index in [-0.39, 0.29) is 11.9 Å². The summed E-state index contributed by atoms with van der Waals surface area (Å²) in [6, 6.07) is 36.9. The van der Waals surface area contributed by atoms with Crippen molar-refractivity contribution < 1.29 is 24.2 Å². The van der Waals surface area contributed by atoms with Crippen LogP contribution in [-0.2, 0) is 51.2 Å². The van der Waals surface area contributed by atoms with Gasteiger partial charge in [-0.1, -0.05) is 109 Å². The minimum Gasteiger partial charge on any atom is -0.469 e. The summed E-state index contributed by atoms with van der Waals surface area (Å²) in [7, 11) is 3.82. The van der Waals surface area contributed by atoms with Crippen LogP contribution in [-0.4, -0.2) is 38.4 Å². The number of esters is 2.